The molecule has 0 fully saturated rings. The standard InChI is InChI=1S/C20H19ClN2OS2/c21-16-5-2-1-4-14(16)12-22-19(24)13-23-9-7-17-15(8-11-26-17)20(23)18-6-3-10-25-18/h1-6,8,10-11,20H,7,9,12-13H2,(H,22,24)/t20-/m1/s1. The fraction of sp³-hybridized carbons (Fsp3) is 0.250. The molecule has 0 aliphatic carbocycles. The summed E-state index contributed by atoms with van der Waals surface area (Å²) in [5, 5.41) is 7.96. The summed E-state index contributed by atoms with van der Waals surface area (Å²) in [7, 11) is 0. The van der Waals surface area contributed by atoms with E-state index in [2.05, 4.69) is 39.2 Å². The molecule has 1 aromatic carbocycles. The van der Waals surface area contributed by atoms with Crippen molar-refractivity contribution in [3.63, 3.8) is 0 Å². The molecular formula is C20H19ClN2OS2. The monoisotopic (exact) mass is 402 g/mol. The van der Waals surface area contributed by atoms with E-state index in [0.29, 0.717) is 18.1 Å². The van der Waals surface area contributed by atoms with Crippen LogP contribution >= 0.6 is 34.3 Å². The highest BCUT2D eigenvalue weighted by molar-refractivity contribution is 7.10. The molecule has 0 radical (unpaired) electrons. The van der Waals surface area contributed by atoms with Crippen molar-refractivity contribution in [1.29, 1.82) is 0 Å². The fourth-order valence-electron chi connectivity index (χ4n) is 3.39. The van der Waals surface area contributed by atoms with Crippen LogP contribution in [0.25, 0.3) is 0 Å². The van der Waals surface area contributed by atoms with E-state index in [1.807, 2.05) is 35.6 Å². The Bertz CT molecular complexity index is 891. The van der Waals surface area contributed by atoms with Crippen molar-refractivity contribution in [2.45, 2.75) is 19.0 Å². The van der Waals surface area contributed by atoms with Crippen LogP contribution in [0.5, 0.6) is 0 Å². The SMILES string of the molecule is O=C(CN1CCc2sccc2[C@@H]1c1cccs1)NCc1ccccc1Cl. The first-order chi connectivity index (χ1) is 12.7. The number of hydrogen-bond acceptors (Lipinski definition) is 4. The maximum absolute atomic E-state index is 12.6. The summed E-state index contributed by atoms with van der Waals surface area (Å²) >= 11 is 9.75. The van der Waals surface area contributed by atoms with Gasteiger partial charge < -0.3 is 5.32 Å². The highest BCUT2D eigenvalue weighted by Gasteiger charge is 2.31. The van der Waals surface area contributed by atoms with Gasteiger partial charge in [0.15, 0.2) is 0 Å². The third-order valence-electron chi connectivity index (χ3n) is 4.66. The van der Waals surface area contributed by atoms with Gasteiger partial charge in [-0.15, -0.1) is 22.7 Å². The average molecular weight is 403 g/mol. The molecular weight excluding hydrogens is 384 g/mol. The number of carbonyl (C=O) groups excluding carboxylic acids is 1. The predicted molar refractivity (Wildman–Crippen MR) is 109 cm³/mol. The number of carbonyl (C=O) groups is 1. The lowest BCUT2D eigenvalue weighted by atomic mass is 9.98. The first kappa shape index (κ1) is 17.7. The molecule has 134 valence electrons. The van der Waals surface area contributed by atoms with Gasteiger partial charge in [-0.2, -0.15) is 0 Å². The van der Waals surface area contributed by atoms with Gasteiger partial charge in [0.2, 0.25) is 5.91 Å². The van der Waals surface area contributed by atoms with Gasteiger partial charge in [-0.05, 0) is 46.5 Å². The van der Waals surface area contributed by atoms with Crippen molar-refractivity contribution in [3.8, 4) is 0 Å². The minimum absolute atomic E-state index is 0.0326. The number of thiophene rings is 2. The molecule has 6 heteroatoms. The van der Waals surface area contributed by atoms with Crippen LogP contribution in [0.4, 0.5) is 0 Å². The van der Waals surface area contributed by atoms with Crippen molar-refractivity contribution in [2.75, 3.05) is 13.1 Å². The first-order valence-electron chi connectivity index (χ1n) is 8.56. The van der Waals surface area contributed by atoms with Gasteiger partial charge in [0.1, 0.15) is 0 Å². The Labute approximate surface area is 166 Å². The van der Waals surface area contributed by atoms with Crippen LogP contribution in [0, 0.1) is 0 Å². The third-order valence-corrected chi connectivity index (χ3v) is 6.95. The summed E-state index contributed by atoms with van der Waals surface area (Å²) < 4.78 is 0. The van der Waals surface area contributed by atoms with Gasteiger partial charge in [0.25, 0.3) is 0 Å². The van der Waals surface area contributed by atoms with Gasteiger partial charge in [0, 0.05) is 27.9 Å². The molecule has 0 bridgehead atoms. The molecule has 3 aromatic rings. The number of fused-ring (bicyclic) bond motifs is 1. The number of nitrogens with zero attached hydrogens (tertiary/aromatic N) is 1. The summed E-state index contributed by atoms with van der Waals surface area (Å²) in [5.41, 5.74) is 2.29. The smallest absolute Gasteiger partial charge is 0.234 e. The largest absolute Gasteiger partial charge is 0.351 e. The number of rotatable bonds is 5. The molecule has 3 heterocycles. The second kappa shape index (κ2) is 7.92. The molecule has 4 rings (SSSR count). The van der Waals surface area contributed by atoms with Gasteiger partial charge in [-0.25, -0.2) is 0 Å². The molecule has 0 saturated heterocycles. The van der Waals surface area contributed by atoms with Crippen LogP contribution in [-0.2, 0) is 17.8 Å². The zero-order chi connectivity index (χ0) is 17.9. The molecule has 26 heavy (non-hydrogen) atoms. The van der Waals surface area contributed by atoms with Crippen molar-refractivity contribution in [2.24, 2.45) is 0 Å². The number of amides is 1. The Morgan fingerprint density at radius 3 is 2.85 bits per heavy atom. The summed E-state index contributed by atoms with van der Waals surface area (Å²) in [4.78, 5) is 17.6. The molecule has 1 atom stereocenters. The van der Waals surface area contributed by atoms with Crippen LogP contribution in [0.3, 0.4) is 0 Å². The summed E-state index contributed by atoms with van der Waals surface area (Å²) in [6.45, 7) is 1.75. The Hall–Kier alpha value is -1.66. The lowest BCUT2D eigenvalue weighted by Crippen LogP contribution is -2.42. The zero-order valence-corrected chi connectivity index (χ0v) is 16.5. The van der Waals surface area contributed by atoms with E-state index in [0.717, 1.165) is 18.5 Å². The van der Waals surface area contributed by atoms with E-state index in [-0.39, 0.29) is 11.9 Å². The van der Waals surface area contributed by atoms with Crippen LogP contribution < -0.4 is 5.32 Å². The van der Waals surface area contributed by atoms with Gasteiger partial charge in [0.05, 0.1) is 12.6 Å². The first-order valence-corrected chi connectivity index (χ1v) is 10.7. The highest BCUT2D eigenvalue weighted by atomic mass is 35.5. The molecule has 1 N–H and O–H groups in total. The number of benzene rings is 1. The van der Waals surface area contributed by atoms with E-state index >= 15 is 0 Å². The Morgan fingerprint density at radius 2 is 2.04 bits per heavy atom. The lowest BCUT2D eigenvalue weighted by molar-refractivity contribution is -0.122. The minimum atomic E-state index is 0.0326. The highest BCUT2D eigenvalue weighted by Crippen LogP contribution is 2.39. The second-order valence-corrected chi connectivity index (χ2v) is 8.69. The summed E-state index contributed by atoms with van der Waals surface area (Å²) in [5.74, 6) is 0.0326. The number of nitrogens with one attached hydrogen (secondary N) is 1. The van der Waals surface area contributed by atoms with Crippen molar-refractivity contribution in [3.05, 3.63) is 79.1 Å². The Balaban J connectivity index is 1.46. The average Bonchev–Trinajstić information content (AvgIpc) is 3.32. The third kappa shape index (κ3) is 3.71. The maximum atomic E-state index is 12.6. The van der Waals surface area contributed by atoms with Crippen LogP contribution in [0.2, 0.25) is 5.02 Å². The van der Waals surface area contributed by atoms with Crippen molar-refractivity contribution < 1.29 is 4.79 Å². The van der Waals surface area contributed by atoms with Crippen LogP contribution in [0.15, 0.2) is 53.2 Å². The van der Waals surface area contributed by atoms with Gasteiger partial charge in [-0.1, -0.05) is 35.9 Å². The van der Waals surface area contributed by atoms with E-state index in [1.165, 1.54) is 15.3 Å². The maximum Gasteiger partial charge on any atom is 0.234 e. The van der Waals surface area contributed by atoms with Crippen molar-refractivity contribution in [1.82, 2.24) is 10.2 Å². The summed E-state index contributed by atoms with van der Waals surface area (Å²) in [6.07, 6.45) is 1.01. The summed E-state index contributed by atoms with van der Waals surface area (Å²) in [6, 6.07) is 14.2. The fourth-order valence-corrected chi connectivity index (χ4v) is 5.38. The topological polar surface area (TPSA) is 32.3 Å². The predicted octanol–water partition coefficient (Wildman–Crippen LogP) is 4.73. The molecule has 0 unspecified atom stereocenters. The quantitative estimate of drug-likeness (QED) is 0.669. The van der Waals surface area contributed by atoms with E-state index in [4.69, 9.17) is 11.6 Å². The van der Waals surface area contributed by atoms with Crippen LogP contribution in [0.1, 0.15) is 26.9 Å². The van der Waals surface area contributed by atoms with Crippen LogP contribution in [-0.4, -0.2) is 23.9 Å². The Morgan fingerprint density at radius 1 is 1.15 bits per heavy atom. The van der Waals surface area contributed by atoms with Crippen molar-refractivity contribution >= 4 is 40.2 Å². The second-order valence-electron chi connectivity index (χ2n) is 6.31. The zero-order valence-electron chi connectivity index (χ0n) is 14.2. The van der Waals surface area contributed by atoms with E-state index in [9.17, 15) is 4.79 Å². The molecule has 1 aliphatic rings. The molecule has 0 spiro atoms. The van der Waals surface area contributed by atoms with Gasteiger partial charge in [-0.3, -0.25) is 9.69 Å². The number of hydrogen-bond donors (Lipinski definition) is 1. The molecule has 0 saturated carbocycles. The normalized spacial score (nSPS) is 17.0. The minimum Gasteiger partial charge on any atom is -0.351 e. The molecule has 2 aromatic heterocycles. The van der Waals surface area contributed by atoms with E-state index < -0.39 is 0 Å². The number of halogens is 1. The van der Waals surface area contributed by atoms with Gasteiger partial charge >= 0.3 is 0 Å². The molecule has 3 nitrogen and oxygen atoms in total. The van der Waals surface area contributed by atoms with E-state index in [1.54, 1.807) is 11.3 Å². The molecule has 1 amide bonds. The molecule has 1 aliphatic heterocycles. The Kier molecular flexibility index (Phi) is 5.41. The lowest BCUT2D eigenvalue weighted by Gasteiger charge is -2.34.